The summed E-state index contributed by atoms with van der Waals surface area (Å²) in [5.41, 5.74) is 1.84. The quantitative estimate of drug-likeness (QED) is 0.734. The summed E-state index contributed by atoms with van der Waals surface area (Å²) in [6.45, 7) is 1.56. The number of rotatable bonds is 5. The minimum Gasteiger partial charge on any atom is -0.481 e. The van der Waals surface area contributed by atoms with Crippen molar-refractivity contribution in [1.29, 1.82) is 0 Å². The first-order chi connectivity index (χ1) is 12.6. The highest BCUT2D eigenvalue weighted by molar-refractivity contribution is 5.92. The molecule has 26 heavy (non-hydrogen) atoms. The van der Waals surface area contributed by atoms with Gasteiger partial charge >= 0.3 is 5.97 Å². The van der Waals surface area contributed by atoms with E-state index in [0.717, 1.165) is 28.0 Å². The van der Waals surface area contributed by atoms with Crippen LogP contribution in [-0.2, 0) is 11.3 Å². The zero-order valence-electron chi connectivity index (χ0n) is 14.2. The van der Waals surface area contributed by atoms with Gasteiger partial charge in [0.05, 0.1) is 24.6 Å². The number of carbonyl (C=O) groups is 1. The number of aliphatic carboxylic acids is 1. The highest BCUT2D eigenvalue weighted by Crippen LogP contribution is 2.30. The Bertz CT molecular complexity index is 931. The van der Waals surface area contributed by atoms with Crippen LogP contribution in [-0.4, -0.2) is 45.3 Å². The molecule has 6 heteroatoms. The van der Waals surface area contributed by atoms with Gasteiger partial charge in [0.25, 0.3) is 0 Å². The van der Waals surface area contributed by atoms with E-state index < -0.39 is 12.1 Å². The van der Waals surface area contributed by atoms with Gasteiger partial charge in [-0.05, 0) is 24.3 Å². The number of aromatic nitrogens is 1. The van der Waals surface area contributed by atoms with Crippen LogP contribution in [0.3, 0.4) is 0 Å². The molecule has 0 spiro atoms. The van der Waals surface area contributed by atoms with E-state index in [-0.39, 0.29) is 12.3 Å². The van der Waals surface area contributed by atoms with Gasteiger partial charge in [-0.2, -0.15) is 0 Å². The molecule has 0 aliphatic carbocycles. The Kier molecular flexibility index (Phi) is 4.44. The van der Waals surface area contributed by atoms with Gasteiger partial charge < -0.3 is 14.6 Å². The zero-order valence-corrected chi connectivity index (χ0v) is 14.2. The van der Waals surface area contributed by atoms with Gasteiger partial charge in [-0.15, -0.1) is 0 Å². The normalized spacial score (nSPS) is 20.7. The molecule has 1 aliphatic heterocycles. The molecule has 1 saturated heterocycles. The van der Waals surface area contributed by atoms with Crippen molar-refractivity contribution >= 4 is 16.9 Å². The average Bonchev–Trinajstić information content (AvgIpc) is 3.21. The number of aliphatic hydroxyl groups excluding tert-OH is 1. The Hall–Kier alpha value is -2.70. The van der Waals surface area contributed by atoms with Crippen LogP contribution in [0.1, 0.15) is 12.2 Å². The van der Waals surface area contributed by atoms with Gasteiger partial charge in [0.1, 0.15) is 11.5 Å². The number of carboxylic acid groups (broad SMARTS) is 1. The molecule has 0 bridgehead atoms. The van der Waals surface area contributed by atoms with Crippen molar-refractivity contribution in [2.45, 2.75) is 19.1 Å². The highest BCUT2D eigenvalue weighted by atomic mass is 16.4. The molecule has 2 N–H and O–H groups in total. The first-order valence-electron chi connectivity index (χ1n) is 8.65. The first-order valence-corrected chi connectivity index (χ1v) is 8.65. The fourth-order valence-electron chi connectivity index (χ4n) is 3.63. The fraction of sp³-hybridized carbons (Fsp3) is 0.300. The van der Waals surface area contributed by atoms with Gasteiger partial charge in [-0.1, -0.05) is 18.2 Å². The molecule has 4 rings (SSSR count). The lowest BCUT2D eigenvalue weighted by molar-refractivity contribution is -0.138. The first kappa shape index (κ1) is 16.8. The van der Waals surface area contributed by atoms with E-state index in [1.54, 1.807) is 6.20 Å². The second-order valence-corrected chi connectivity index (χ2v) is 6.77. The van der Waals surface area contributed by atoms with Crippen LogP contribution in [0.4, 0.5) is 0 Å². The van der Waals surface area contributed by atoms with Crippen LogP contribution >= 0.6 is 0 Å². The lowest BCUT2D eigenvalue weighted by atomic mass is 10.0. The number of hydrogen-bond donors (Lipinski definition) is 2. The molecule has 3 aromatic rings. The van der Waals surface area contributed by atoms with Gasteiger partial charge in [0.2, 0.25) is 0 Å². The van der Waals surface area contributed by atoms with E-state index in [9.17, 15) is 9.90 Å². The van der Waals surface area contributed by atoms with Crippen molar-refractivity contribution in [1.82, 2.24) is 9.88 Å². The number of fused-ring (bicyclic) bond motifs is 1. The number of para-hydroxylation sites is 1. The third-order valence-corrected chi connectivity index (χ3v) is 4.86. The summed E-state index contributed by atoms with van der Waals surface area (Å²) in [4.78, 5) is 17.4. The second kappa shape index (κ2) is 6.90. The van der Waals surface area contributed by atoms with Gasteiger partial charge in [-0.25, -0.2) is 0 Å². The molecule has 0 radical (unpaired) electrons. The molecule has 1 fully saturated rings. The number of β-amino-alcohol motifs (C(OH)–C–C–N with tert-alkyl or cyclic N) is 1. The number of pyridine rings is 1. The Morgan fingerprint density at radius 1 is 1.19 bits per heavy atom. The van der Waals surface area contributed by atoms with Gasteiger partial charge in [0.15, 0.2) is 0 Å². The lowest BCUT2D eigenvalue weighted by Crippen LogP contribution is -2.21. The largest absolute Gasteiger partial charge is 0.481 e. The number of likely N-dealkylation sites (tertiary alicyclic amines) is 1. The Balaban J connectivity index is 1.51. The molecule has 2 atom stereocenters. The van der Waals surface area contributed by atoms with E-state index in [1.165, 1.54) is 0 Å². The van der Waals surface area contributed by atoms with Crippen molar-refractivity contribution in [3.05, 3.63) is 54.4 Å². The lowest BCUT2D eigenvalue weighted by Gasteiger charge is -2.13. The molecule has 3 heterocycles. The predicted octanol–water partition coefficient (Wildman–Crippen LogP) is 2.76. The molecule has 2 aromatic heterocycles. The summed E-state index contributed by atoms with van der Waals surface area (Å²) in [7, 11) is 0. The summed E-state index contributed by atoms with van der Waals surface area (Å²) in [5.74, 6) is 0.436. The maximum Gasteiger partial charge on any atom is 0.303 e. The monoisotopic (exact) mass is 352 g/mol. The van der Waals surface area contributed by atoms with Crippen molar-refractivity contribution < 1.29 is 19.4 Å². The number of carboxylic acids is 1. The molecule has 0 amide bonds. The number of aliphatic hydroxyl groups is 1. The summed E-state index contributed by atoms with van der Waals surface area (Å²) in [6, 6.07) is 13.8. The van der Waals surface area contributed by atoms with Crippen molar-refractivity contribution in [2.75, 3.05) is 13.1 Å². The van der Waals surface area contributed by atoms with Crippen molar-refractivity contribution in [3.8, 4) is 11.3 Å². The van der Waals surface area contributed by atoms with Gasteiger partial charge in [-0.3, -0.25) is 14.7 Å². The second-order valence-electron chi connectivity index (χ2n) is 6.77. The Labute approximate surface area is 150 Å². The van der Waals surface area contributed by atoms with Crippen molar-refractivity contribution in [3.63, 3.8) is 0 Å². The van der Waals surface area contributed by atoms with E-state index in [2.05, 4.69) is 4.98 Å². The van der Waals surface area contributed by atoms with Crippen LogP contribution in [0.5, 0.6) is 0 Å². The number of hydrogen-bond acceptors (Lipinski definition) is 5. The third kappa shape index (κ3) is 3.34. The summed E-state index contributed by atoms with van der Waals surface area (Å²) < 4.78 is 6.01. The van der Waals surface area contributed by atoms with Crippen LogP contribution in [0.15, 0.2) is 53.1 Å². The zero-order chi connectivity index (χ0) is 18.1. The minimum absolute atomic E-state index is 0.0112. The smallest absolute Gasteiger partial charge is 0.303 e. The summed E-state index contributed by atoms with van der Waals surface area (Å²) >= 11 is 0. The predicted molar refractivity (Wildman–Crippen MR) is 96.5 cm³/mol. The topological polar surface area (TPSA) is 86.8 Å². The molecule has 6 nitrogen and oxygen atoms in total. The average molecular weight is 352 g/mol. The standard InChI is InChI=1S/C20H20N2O4/c23-17-12-22(10-14(17)9-19(24)25)11-15-6-7-18(26-15)16-5-1-3-13-4-2-8-21-20(13)16/h1-8,14,17,23H,9-12H2,(H,24,25)/t14-,17-/m1/s1. The Morgan fingerprint density at radius 2 is 2.04 bits per heavy atom. The number of furan rings is 1. The van der Waals surface area contributed by atoms with Crippen molar-refractivity contribution in [2.24, 2.45) is 5.92 Å². The molecule has 0 saturated carbocycles. The van der Waals surface area contributed by atoms with E-state index >= 15 is 0 Å². The summed E-state index contributed by atoms with van der Waals surface area (Å²) in [6.07, 6.45) is 1.15. The SMILES string of the molecule is O=C(O)C[C@@H]1CN(Cc2ccc(-c3cccc4cccnc34)o2)C[C@H]1O. The molecule has 0 unspecified atom stereocenters. The third-order valence-electron chi connectivity index (χ3n) is 4.86. The van der Waals surface area contributed by atoms with Crippen LogP contribution in [0.25, 0.3) is 22.2 Å². The molecule has 1 aliphatic rings. The van der Waals surface area contributed by atoms with Crippen LogP contribution in [0.2, 0.25) is 0 Å². The Morgan fingerprint density at radius 3 is 2.88 bits per heavy atom. The van der Waals surface area contributed by atoms with E-state index in [4.69, 9.17) is 9.52 Å². The van der Waals surface area contributed by atoms with Crippen LogP contribution in [0, 0.1) is 5.92 Å². The van der Waals surface area contributed by atoms with Gasteiger partial charge in [0, 0.05) is 36.2 Å². The van der Waals surface area contributed by atoms with Crippen LogP contribution < -0.4 is 0 Å². The maximum absolute atomic E-state index is 10.9. The fourth-order valence-corrected chi connectivity index (χ4v) is 3.63. The number of benzene rings is 1. The molecule has 134 valence electrons. The number of nitrogens with zero attached hydrogens (tertiary/aromatic N) is 2. The molecular formula is C20H20N2O4. The van der Waals surface area contributed by atoms with E-state index in [0.29, 0.717) is 19.6 Å². The minimum atomic E-state index is -0.875. The highest BCUT2D eigenvalue weighted by Gasteiger charge is 2.33. The van der Waals surface area contributed by atoms with E-state index in [1.807, 2.05) is 47.4 Å². The summed E-state index contributed by atoms with van der Waals surface area (Å²) in [5, 5.41) is 20.0. The maximum atomic E-state index is 10.9. The molecule has 1 aromatic carbocycles. The molecular weight excluding hydrogens is 332 g/mol.